The van der Waals surface area contributed by atoms with Crippen LogP contribution in [0.25, 0.3) is 0 Å². The number of esters is 1. The molecule has 9 nitrogen and oxygen atoms in total. The van der Waals surface area contributed by atoms with Crippen LogP contribution in [0.3, 0.4) is 0 Å². The highest BCUT2D eigenvalue weighted by Gasteiger charge is 2.14. The molecule has 1 heterocycles. The lowest BCUT2D eigenvalue weighted by Gasteiger charge is -2.08. The van der Waals surface area contributed by atoms with Gasteiger partial charge in [0.25, 0.3) is 5.91 Å². The van der Waals surface area contributed by atoms with E-state index < -0.39 is 0 Å². The number of carbonyl (C=O) groups excluding carboxylic acids is 3. The number of benzene rings is 2. The molecule has 35 heavy (non-hydrogen) atoms. The Kier molecular flexibility index (Phi) is 9.19. The normalized spacial score (nSPS) is 10.4. The molecule has 0 aliphatic heterocycles. The molecular formula is C25H27N3O6S. The molecular weight excluding hydrogens is 470 g/mol. The first-order valence-electron chi connectivity index (χ1n) is 11.0. The Morgan fingerprint density at radius 3 is 2.26 bits per heavy atom. The van der Waals surface area contributed by atoms with E-state index in [4.69, 9.17) is 14.2 Å². The number of unbranched alkanes of at least 4 members (excludes halogenated alkanes) is 1. The molecule has 0 saturated heterocycles. The first kappa shape index (κ1) is 25.7. The van der Waals surface area contributed by atoms with Crippen LogP contribution in [-0.4, -0.2) is 43.6 Å². The second-order valence-electron chi connectivity index (χ2n) is 7.49. The van der Waals surface area contributed by atoms with E-state index in [-0.39, 0.29) is 24.2 Å². The molecule has 0 aliphatic rings. The number of carbonyl (C=O) groups is 3. The smallest absolute Gasteiger partial charge is 0.338 e. The second-order valence-corrected chi connectivity index (χ2v) is 8.35. The molecule has 0 unspecified atom stereocenters. The Morgan fingerprint density at radius 1 is 0.943 bits per heavy atom. The maximum atomic E-state index is 12.6. The fourth-order valence-electron chi connectivity index (χ4n) is 3.01. The topological polar surface area (TPSA) is 116 Å². The first-order valence-corrected chi connectivity index (χ1v) is 11.9. The second kappa shape index (κ2) is 12.5. The Labute approximate surface area is 207 Å². The molecule has 184 valence electrons. The molecule has 2 N–H and O–H groups in total. The van der Waals surface area contributed by atoms with Gasteiger partial charge in [0.15, 0.2) is 5.13 Å². The van der Waals surface area contributed by atoms with Gasteiger partial charge < -0.3 is 19.5 Å². The average Bonchev–Trinajstić information content (AvgIpc) is 3.30. The third-order valence-corrected chi connectivity index (χ3v) is 5.67. The van der Waals surface area contributed by atoms with Crippen LogP contribution in [0.5, 0.6) is 11.5 Å². The van der Waals surface area contributed by atoms with Crippen LogP contribution in [0.4, 0.5) is 10.8 Å². The van der Waals surface area contributed by atoms with Crippen molar-refractivity contribution in [2.75, 3.05) is 31.5 Å². The Hall–Kier alpha value is -3.92. The van der Waals surface area contributed by atoms with Crippen LogP contribution in [0.1, 0.15) is 46.2 Å². The molecule has 0 radical (unpaired) electrons. The summed E-state index contributed by atoms with van der Waals surface area (Å²) in [6.07, 6.45) is 1.79. The van der Waals surface area contributed by atoms with Crippen molar-refractivity contribution in [1.82, 2.24) is 4.98 Å². The average molecular weight is 498 g/mol. The summed E-state index contributed by atoms with van der Waals surface area (Å²) in [7, 11) is 3.01. The molecule has 3 rings (SSSR count). The minimum atomic E-state index is -0.388. The van der Waals surface area contributed by atoms with Gasteiger partial charge in [0.1, 0.15) is 11.5 Å². The fourth-order valence-corrected chi connectivity index (χ4v) is 3.71. The first-order chi connectivity index (χ1) is 16.9. The number of thiazole rings is 1. The zero-order valence-corrected chi connectivity index (χ0v) is 20.6. The number of amides is 2. The molecule has 0 fully saturated rings. The maximum Gasteiger partial charge on any atom is 0.338 e. The number of methoxy groups -OCH3 is 2. The van der Waals surface area contributed by atoms with Gasteiger partial charge in [0.2, 0.25) is 5.91 Å². The molecule has 3 aromatic rings. The van der Waals surface area contributed by atoms with E-state index >= 15 is 0 Å². The van der Waals surface area contributed by atoms with Gasteiger partial charge in [0.05, 0.1) is 38.5 Å². The zero-order chi connectivity index (χ0) is 25.2. The number of aromatic nitrogens is 1. The Bertz CT molecular complexity index is 1150. The van der Waals surface area contributed by atoms with Crippen molar-refractivity contribution in [2.24, 2.45) is 0 Å². The van der Waals surface area contributed by atoms with E-state index in [2.05, 4.69) is 15.6 Å². The summed E-state index contributed by atoms with van der Waals surface area (Å²) in [5, 5.41) is 7.56. The molecule has 1 aromatic heterocycles. The molecule has 0 atom stereocenters. The van der Waals surface area contributed by atoms with Gasteiger partial charge in [-0.15, -0.1) is 11.3 Å². The van der Waals surface area contributed by atoms with Gasteiger partial charge in [-0.1, -0.05) is 13.3 Å². The number of ether oxygens (including phenoxy) is 3. The van der Waals surface area contributed by atoms with E-state index in [1.165, 1.54) is 25.6 Å². The van der Waals surface area contributed by atoms with Gasteiger partial charge in [-0.05, 0) is 42.8 Å². The van der Waals surface area contributed by atoms with Crippen molar-refractivity contribution in [2.45, 2.75) is 26.2 Å². The number of anilines is 2. The lowest BCUT2D eigenvalue weighted by molar-refractivity contribution is -0.115. The molecule has 0 spiro atoms. The number of nitrogens with one attached hydrogen (secondary N) is 2. The molecule has 2 amide bonds. The van der Waals surface area contributed by atoms with Crippen molar-refractivity contribution in [3.05, 3.63) is 64.7 Å². The molecule has 0 aliphatic carbocycles. The van der Waals surface area contributed by atoms with E-state index in [1.807, 2.05) is 6.92 Å². The van der Waals surface area contributed by atoms with Crippen molar-refractivity contribution >= 4 is 39.9 Å². The number of nitrogens with zero attached hydrogens (tertiary/aromatic N) is 1. The lowest BCUT2D eigenvalue weighted by atomic mass is 10.2. The summed E-state index contributed by atoms with van der Waals surface area (Å²) in [5.41, 5.74) is 1.85. The largest absolute Gasteiger partial charge is 0.497 e. The summed E-state index contributed by atoms with van der Waals surface area (Å²) >= 11 is 1.22. The van der Waals surface area contributed by atoms with Gasteiger partial charge in [-0.3, -0.25) is 14.9 Å². The van der Waals surface area contributed by atoms with Crippen LogP contribution in [0.15, 0.2) is 47.8 Å². The summed E-state index contributed by atoms with van der Waals surface area (Å²) in [4.78, 5) is 41.3. The summed E-state index contributed by atoms with van der Waals surface area (Å²) in [5.74, 6) is -0.0505. The van der Waals surface area contributed by atoms with Crippen LogP contribution in [-0.2, 0) is 16.0 Å². The predicted octanol–water partition coefficient (Wildman–Crippen LogP) is 4.55. The standard InChI is InChI=1S/C25H27N3O6S/c1-4-5-10-34-24(31)16-6-8-18(9-7-16)26-22(29)13-19-15-35-25(27-19)28-23(30)17-11-20(32-2)14-21(12-17)33-3/h6-9,11-12,14-15H,4-5,10,13H2,1-3H3,(H,26,29)(H,27,28,30). The fraction of sp³-hybridized carbons (Fsp3) is 0.280. The lowest BCUT2D eigenvalue weighted by Crippen LogP contribution is -2.15. The van der Waals surface area contributed by atoms with Crippen molar-refractivity contribution in [3.8, 4) is 11.5 Å². The van der Waals surface area contributed by atoms with E-state index in [1.54, 1.807) is 47.8 Å². The number of hydrogen-bond donors (Lipinski definition) is 2. The SMILES string of the molecule is CCCCOC(=O)c1ccc(NC(=O)Cc2csc(NC(=O)c3cc(OC)cc(OC)c3)n2)cc1. The van der Waals surface area contributed by atoms with E-state index in [0.717, 1.165) is 12.8 Å². The van der Waals surface area contributed by atoms with E-state index in [9.17, 15) is 14.4 Å². The number of rotatable bonds is 11. The van der Waals surface area contributed by atoms with Crippen LogP contribution in [0, 0.1) is 0 Å². The van der Waals surface area contributed by atoms with Gasteiger partial charge in [0, 0.05) is 22.7 Å². The summed E-state index contributed by atoms with van der Waals surface area (Å²) in [6, 6.07) is 11.4. The van der Waals surface area contributed by atoms with Crippen LogP contribution < -0.4 is 20.1 Å². The summed E-state index contributed by atoms with van der Waals surface area (Å²) < 4.78 is 15.6. The Morgan fingerprint density at radius 2 is 1.63 bits per heavy atom. The highest BCUT2D eigenvalue weighted by molar-refractivity contribution is 7.14. The highest BCUT2D eigenvalue weighted by atomic mass is 32.1. The minimum Gasteiger partial charge on any atom is -0.497 e. The number of hydrogen-bond acceptors (Lipinski definition) is 8. The predicted molar refractivity (Wildman–Crippen MR) is 134 cm³/mol. The van der Waals surface area contributed by atoms with Crippen molar-refractivity contribution in [1.29, 1.82) is 0 Å². The van der Waals surface area contributed by atoms with Crippen molar-refractivity contribution < 1.29 is 28.6 Å². The third-order valence-electron chi connectivity index (χ3n) is 4.86. The van der Waals surface area contributed by atoms with Gasteiger partial charge in [-0.25, -0.2) is 9.78 Å². The molecule has 0 saturated carbocycles. The van der Waals surface area contributed by atoms with Gasteiger partial charge >= 0.3 is 5.97 Å². The maximum absolute atomic E-state index is 12.6. The van der Waals surface area contributed by atoms with Crippen molar-refractivity contribution in [3.63, 3.8) is 0 Å². The summed E-state index contributed by atoms with van der Waals surface area (Å²) in [6.45, 7) is 2.41. The van der Waals surface area contributed by atoms with Gasteiger partial charge in [-0.2, -0.15) is 0 Å². The zero-order valence-electron chi connectivity index (χ0n) is 19.8. The highest BCUT2D eigenvalue weighted by Crippen LogP contribution is 2.24. The molecule has 2 aromatic carbocycles. The van der Waals surface area contributed by atoms with Crippen LogP contribution in [0.2, 0.25) is 0 Å². The monoisotopic (exact) mass is 497 g/mol. The van der Waals surface area contributed by atoms with E-state index in [0.29, 0.717) is 45.7 Å². The Balaban J connectivity index is 1.54. The molecule has 0 bridgehead atoms. The minimum absolute atomic E-state index is 0.0279. The van der Waals surface area contributed by atoms with Crippen LogP contribution >= 0.6 is 11.3 Å². The third kappa shape index (κ3) is 7.54. The quantitative estimate of drug-likeness (QED) is 0.295. The molecule has 10 heteroatoms.